The summed E-state index contributed by atoms with van der Waals surface area (Å²) in [5, 5.41) is 14.3. The molecule has 1 rings (SSSR count). The van der Waals surface area contributed by atoms with Crippen LogP contribution in [0.1, 0.15) is 17.5 Å². The first-order valence-corrected chi connectivity index (χ1v) is 7.70. The number of thioether (sulfide) groups is 1. The number of anilines is 1. The number of hydrogen-bond acceptors (Lipinski definition) is 3. The Hall–Kier alpha value is -1.69. The maximum Gasteiger partial charge on any atom is 0.326 e. The Kier molecular flexibility index (Phi) is 6.38. The first kappa shape index (κ1) is 16.4. The van der Waals surface area contributed by atoms with Crippen molar-refractivity contribution >= 4 is 29.4 Å². The van der Waals surface area contributed by atoms with E-state index in [1.165, 1.54) is 0 Å². The highest BCUT2D eigenvalue weighted by Crippen LogP contribution is 2.19. The van der Waals surface area contributed by atoms with Gasteiger partial charge in [-0.15, -0.1) is 0 Å². The number of urea groups is 1. The molecule has 0 aliphatic rings. The molecule has 0 aliphatic heterocycles. The fraction of sp³-hybridized carbons (Fsp3) is 0.429. The molecular formula is C14H20N2O3S. The van der Waals surface area contributed by atoms with Gasteiger partial charge in [0.25, 0.3) is 0 Å². The third kappa shape index (κ3) is 4.77. The second kappa shape index (κ2) is 7.79. The summed E-state index contributed by atoms with van der Waals surface area (Å²) in [7, 11) is 0. The van der Waals surface area contributed by atoms with Gasteiger partial charge in [-0.1, -0.05) is 18.2 Å². The van der Waals surface area contributed by atoms with Crippen molar-refractivity contribution in [1.29, 1.82) is 0 Å². The maximum absolute atomic E-state index is 11.9. The van der Waals surface area contributed by atoms with Gasteiger partial charge in [0.05, 0.1) is 0 Å². The molecule has 5 nitrogen and oxygen atoms in total. The lowest BCUT2D eigenvalue weighted by molar-refractivity contribution is -0.139. The Morgan fingerprint density at radius 2 is 1.90 bits per heavy atom. The van der Waals surface area contributed by atoms with Gasteiger partial charge in [-0.2, -0.15) is 11.8 Å². The lowest BCUT2D eigenvalue weighted by Gasteiger charge is -2.16. The summed E-state index contributed by atoms with van der Waals surface area (Å²) in [6.45, 7) is 3.79. The molecule has 1 aromatic carbocycles. The van der Waals surface area contributed by atoms with Crippen LogP contribution < -0.4 is 10.6 Å². The number of aliphatic carboxylic acids is 1. The van der Waals surface area contributed by atoms with E-state index in [1.54, 1.807) is 11.8 Å². The molecule has 0 aliphatic carbocycles. The molecule has 6 heteroatoms. The minimum absolute atomic E-state index is 0.399. The molecule has 0 saturated carbocycles. The van der Waals surface area contributed by atoms with Crippen molar-refractivity contribution in [3.63, 3.8) is 0 Å². The SMILES string of the molecule is CSCC[C@H](NC(=O)Nc1c(C)cccc1C)C(=O)O. The molecule has 0 aromatic heterocycles. The highest BCUT2D eigenvalue weighted by atomic mass is 32.2. The van der Waals surface area contributed by atoms with Gasteiger partial charge in [-0.05, 0) is 43.4 Å². The molecule has 20 heavy (non-hydrogen) atoms. The van der Waals surface area contributed by atoms with E-state index in [4.69, 9.17) is 5.11 Å². The van der Waals surface area contributed by atoms with Gasteiger partial charge >= 0.3 is 12.0 Å². The molecule has 0 heterocycles. The van der Waals surface area contributed by atoms with E-state index >= 15 is 0 Å². The van der Waals surface area contributed by atoms with Crippen LogP contribution in [0, 0.1) is 13.8 Å². The number of carboxylic acids is 1. The van der Waals surface area contributed by atoms with Crippen LogP contribution in [-0.4, -0.2) is 35.2 Å². The van der Waals surface area contributed by atoms with Crippen molar-refractivity contribution in [2.75, 3.05) is 17.3 Å². The van der Waals surface area contributed by atoms with Gasteiger partial charge in [0.2, 0.25) is 0 Å². The van der Waals surface area contributed by atoms with Crippen LogP contribution in [0.4, 0.5) is 10.5 Å². The number of nitrogens with one attached hydrogen (secondary N) is 2. The largest absolute Gasteiger partial charge is 0.480 e. The van der Waals surface area contributed by atoms with Crippen molar-refractivity contribution in [1.82, 2.24) is 5.32 Å². The second-order valence-corrected chi connectivity index (χ2v) is 5.52. The predicted octanol–water partition coefficient (Wildman–Crippen LogP) is 2.63. The lowest BCUT2D eigenvalue weighted by Crippen LogP contribution is -2.43. The van der Waals surface area contributed by atoms with Gasteiger partial charge in [0.1, 0.15) is 6.04 Å². The number of para-hydroxylation sites is 1. The number of carboxylic acid groups (broad SMARTS) is 1. The van der Waals surface area contributed by atoms with Crippen molar-refractivity contribution in [2.24, 2.45) is 0 Å². The number of carbonyl (C=O) groups is 2. The average molecular weight is 296 g/mol. The van der Waals surface area contributed by atoms with Crippen LogP contribution in [-0.2, 0) is 4.79 Å². The summed E-state index contributed by atoms with van der Waals surface area (Å²) in [5.74, 6) is -0.337. The number of benzene rings is 1. The molecular weight excluding hydrogens is 276 g/mol. The van der Waals surface area contributed by atoms with Gasteiger partial charge in [-0.25, -0.2) is 9.59 Å². The second-order valence-electron chi connectivity index (χ2n) is 4.54. The first-order valence-electron chi connectivity index (χ1n) is 6.31. The Morgan fingerprint density at radius 1 is 1.30 bits per heavy atom. The zero-order chi connectivity index (χ0) is 15.1. The number of aryl methyl sites for hydroxylation is 2. The zero-order valence-corrected chi connectivity index (χ0v) is 12.7. The normalized spacial score (nSPS) is 11.8. The minimum atomic E-state index is -1.02. The number of carbonyl (C=O) groups excluding carboxylic acids is 1. The molecule has 0 bridgehead atoms. The van der Waals surface area contributed by atoms with E-state index < -0.39 is 18.0 Å². The van der Waals surface area contributed by atoms with E-state index in [0.29, 0.717) is 12.2 Å². The van der Waals surface area contributed by atoms with Crippen LogP contribution in [0.25, 0.3) is 0 Å². The van der Waals surface area contributed by atoms with Crippen molar-refractivity contribution in [2.45, 2.75) is 26.3 Å². The first-order chi connectivity index (χ1) is 9.45. The maximum atomic E-state index is 11.9. The highest BCUT2D eigenvalue weighted by Gasteiger charge is 2.19. The third-order valence-corrected chi connectivity index (χ3v) is 3.58. The number of rotatable bonds is 6. The zero-order valence-electron chi connectivity index (χ0n) is 11.9. The molecule has 2 amide bonds. The monoisotopic (exact) mass is 296 g/mol. The predicted molar refractivity (Wildman–Crippen MR) is 82.5 cm³/mol. The molecule has 0 spiro atoms. The summed E-state index contributed by atoms with van der Waals surface area (Å²) in [5.41, 5.74) is 2.60. The van der Waals surface area contributed by atoms with Gasteiger partial charge in [0, 0.05) is 5.69 Å². The van der Waals surface area contributed by atoms with Crippen molar-refractivity contribution < 1.29 is 14.7 Å². The topological polar surface area (TPSA) is 78.4 Å². The van der Waals surface area contributed by atoms with Gasteiger partial charge in [-0.3, -0.25) is 0 Å². The number of amides is 2. The quantitative estimate of drug-likeness (QED) is 0.754. The summed E-state index contributed by atoms with van der Waals surface area (Å²) >= 11 is 1.55. The fourth-order valence-electron chi connectivity index (χ4n) is 1.81. The van der Waals surface area contributed by atoms with E-state index in [9.17, 15) is 9.59 Å². The summed E-state index contributed by atoms with van der Waals surface area (Å²) < 4.78 is 0. The Morgan fingerprint density at radius 3 is 2.40 bits per heavy atom. The molecule has 1 atom stereocenters. The van der Waals surface area contributed by atoms with Gasteiger partial charge < -0.3 is 15.7 Å². The Labute approximate surface area is 123 Å². The highest BCUT2D eigenvalue weighted by molar-refractivity contribution is 7.98. The molecule has 0 unspecified atom stereocenters. The number of hydrogen-bond donors (Lipinski definition) is 3. The van der Waals surface area contributed by atoms with Crippen LogP contribution >= 0.6 is 11.8 Å². The minimum Gasteiger partial charge on any atom is -0.480 e. The van der Waals surface area contributed by atoms with E-state index in [1.807, 2.05) is 38.3 Å². The summed E-state index contributed by atoms with van der Waals surface area (Å²) in [4.78, 5) is 23.0. The molecule has 0 saturated heterocycles. The average Bonchev–Trinajstić information content (AvgIpc) is 2.38. The standard InChI is InChI=1S/C14H20N2O3S/c1-9-5-4-6-10(2)12(9)16-14(19)15-11(13(17)18)7-8-20-3/h4-6,11H,7-8H2,1-3H3,(H,17,18)(H2,15,16,19)/t11-/m0/s1. The third-order valence-electron chi connectivity index (χ3n) is 2.93. The summed E-state index contributed by atoms with van der Waals surface area (Å²) in [6, 6.07) is 4.34. The van der Waals surface area contributed by atoms with Crippen LogP contribution in [0.15, 0.2) is 18.2 Å². The molecule has 0 fully saturated rings. The van der Waals surface area contributed by atoms with Crippen LogP contribution in [0.3, 0.4) is 0 Å². The fourth-order valence-corrected chi connectivity index (χ4v) is 2.28. The Balaban J connectivity index is 2.68. The van der Waals surface area contributed by atoms with E-state index in [-0.39, 0.29) is 0 Å². The van der Waals surface area contributed by atoms with Crippen LogP contribution in [0.2, 0.25) is 0 Å². The smallest absolute Gasteiger partial charge is 0.326 e. The lowest BCUT2D eigenvalue weighted by atomic mass is 10.1. The van der Waals surface area contributed by atoms with E-state index in [0.717, 1.165) is 16.8 Å². The van der Waals surface area contributed by atoms with Crippen molar-refractivity contribution in [3.05, 3.63) is 29.3 Å². The van der Waals surface area contributed by atoms with Crippen molar-refractivity contribution in [3.8, 4) is 0 Å². The van der Waals surface area contributed by atoms with Crippen LogP contribution in [0.5, 0.6) is 0 Å². The molecule has 110 valence electrons. The summed E-state index contributed by atoms with van der Waals surface area (Å²) in [6.07, 6.45) is 2.30. The van der Waals surface area contributed by atoms with Gasteiger partial charge in [0.15, 0.2) is 0 Å². The van der Waals surface area contributed by atoms with E-state index in [2.05, 4.69) is 10.6 Å². The molecule has 1 aromatic rings. The Bertz CT molecular complexity index is 471. The molecule has 0 radical (unpaired) electrons. The molecule has 3 N–H and O–H groups in total.